The maximum absolute atomic E-state index is 12.0. The van der Waals surface area contributed by atoms with Crippen LogP contribution >= 0.6 is 11.6 Å². The highest BCUT2D eigenvalue weighted by molar-refractivity contribution is 6.29. The summed E-state index contributed by atoms with van der Waals surface area (Å²) in [6.45, 7) is 0.443. The van der Waals surface area contributed by atoms with Crippen LogP contribution in [-0.4, -0.2) is 19.1 Å². The van der Waals surface area contributed by atoms with Gasteiger partial charge < -0.3 is 4.57 Å². The number of hydrogen-bond donors (Lipinski definition) is 0. The Morgan fingerprint density at radius 1 is 1.50 bits per heavy atom. The summed E-state index contributed by atoms with van der Waals surface area (Å²) >= 11 is 5.86. The number of imidazole rings is 1. The zero-order valence-electron chi connectivity index (χ0n) is 10.0. The standard InChI is InChI=1S/C12H13ClN4O/c1-16-5-4-14-10(16)7-17-11(18)6-9(13)15-12(17)8-2-3-8/h4-6,8H,2-3,7H2,1H3. The van der Waals surface area contributed by atoms with E-state index in [2.05, 4.69) is 9.97 Å². The molecule has 2 aromatic rings. The molecule has 0 spiro atoms. The van der Waals surface area contributed by atoms with Gasteiger partial charge >= 0.3 is 0 Å². The molecular formula is C12H13ClN4O. The Balaban J connectivity index is 2.05. The predicted octanol–water partition coefficient (Wildman–Crippen LogP) is 1.56. The molecule has 18 heavy (non-hydrogen) atoms. The fourth-order valence-corrected chi connectivity index (χ4v) is 2.18. The van der Waals surface area contributed by atoms with Crippen molar-refractivity contribution in [3.63, 3.8) is 0 Å². The van der Waals surface area contributed by atoms with Crippen LogP contribution in [0.1, 0.15) is 30.4 Å². The van der Waals surface area contributed by atoms with Crippen molar-refractivity contribution in [2.75, 3.05) is 0 Å². The van der Waals surface area contributed by atoms with Crippen LogP contribution in [0.4, 0.5) is 0 Å². The van der Waals surface area contributed by atoms with Crippen molar-refractivity contribution >= 4 is 11.6 Å². The van der Waals surface area contributed by atoms with Crippen LogP contribution in [-0.2, 0) is 13.6 Å². The molecule has 0 aliphatic heterocycles. The first kappa shape index (κ1) is 11.5. The molecule has 0 saturated heterocycles. The van der Waals surface area contributed by atoms with E-state index >= 15 is 0 Å². The molecule has 5 nitrogen and oxygen atoms in total. The summed E-state index contributed by atoms with van der Waals surface area (Å²) in [5.74, 6) is 2.00. The summed E-state index contributed by atoms with van der Waals surface area (Å²) in [6.07, 6.45) is 5.74. The largest absolute Gasteiger partial charge is 0.337 e. The van der Waals surface area contributed by atoms with Crippen LogP contribution in [0.25, 0.3) is 0 Å². The quantitative estimate of drug-likeness (QED) is 0.791. The summed E-state index contributed by atoms with van der Waals surface area (Å²) in [6, 6.07) is 1.36. The number of hydrogen-bond acceptors (Lipinski definition) is 3. The van der Waals surface area contributed by atoms with Crippen LogP contribution in [0.5, 0.6) is 0 Å². The maximum atomic E-state index is 12.0. The third kappa shape index (κ3) is 2.06. The van der Waals surface area contributed by atoms with Gasteiger partial charge in [-0.3, -0.25) is 9.36 Å². The molecule has 2 aromatic heterocycles. The molecule has 1 fully saturated rings. The number of nitrogens with zero attached hydrogens (tertiary/aromatic N) is 4. The first-order chi connectivity index (χ1) is 8.65. The Morgan fingerprint density at radius 2 is 2.28 bits per heavy atom. The summed E-state index contributed by atoms with van der Waals surface area (Å²) in [5.41, 5.74) is -0.111. The molecule has 0 aromatic carbocycles. The number of aryl methyl sites for hydroxylation is 1. The molecule has 0 radical (unpaired) electrons. The predicted molar refractivity (Wildman–Crippen MR) is 67.8 cm³/mol. The average Bonchev–Trinajstić information content (AvgIpc) is 3.07. The SMILES string of the molecule is Cn1ccnc1Cn1c(C2CC2)nc(Cl)cc1=O. The highest BCUT2D eigenvalue weighted by atomic mass is 35.5. The van der Waals surface area contributed by atoms with E-state index in [1.165, 1.54) is 6.07 Å². The topological polar surface area (TPSA) is 52.7 Å². The van der Waals surface area contributed by atoms with Crippen molar-refractivity contribution in [2.24, 2.45) is 7.05 Å². The summed E-state index contributed by atoms with van der Waals surface area (Å²) < 4.78 is 3.57. The molecule has 2 heterocycles. The molecule has 0 unspecified atom stereocenters. The Hall–Kier alpha value is -1.62. The van der Waals surface area contributed by atoms with Gasteiger partial charge in [-0.05, 0) is 12.8 Å². The van der Waals surface area contributed by atoms with Gasteiger partial charge in [0.2, 0.25) is 0 Å². The number of aromatic nitrogens is 4. The van der Waals surface area contributed by atoms with Crippen molar-refractivity contribution in [1.82, 2.24) is 19.1 Å². The van der Waals surface area contributed by atoms with Gasteiger partial charge in [-0.25, -0.2) is 9.97 Å². The second-order valence-corrected chi connectivity index (χ2v) is 4.98. The molecular weight excluding hydrogens is 252 g/mol. The summed E-state index contributed by atoms with van der Waals surface area (Å²) in [5, 5.41) is 0.276. The number of halogens is 1. The van der Waals surface area contributed by atoms with Gasteiger partial charge in [-0.1, -0.05) is 11.6 Å². The second kappa shape index (κ2) is 4.24. The molecule has 94 valence electrons. The lowest BCUT2D eigenvalue weighted by Gasteiger charge is -2.11. The molecule has 0 amide bonds. The van der Waals surface area contributed by atoms with Crippen LogP contribution in [0, 0.1) is 0 Å². The lowest BCUT2D eigenvalue weighted by atomic mass is 10.3. The number of rotatable bonds is 3. The first-order valence-electron chi connectivity index (χ1n) is 5.88. The molecule has 6 heteroatoms. The van der Waals surface area contributed by atoms with E-state index in [0.29, 0.717) is 12.5 Å². The van der Waals surface area contributed by atoms with Gasteiger partial charge in [0.1, 0.15) is 16.8 Å². The Kier molecular flexibility index (Phi) is 2.70. The molecule has 0 bridgehead atoms. The van der Waals surface area contributed by atoms with E-state index in [9.17, 15) is 4.79 Å². The van der Waals surface area contributed by atoms with Crippen LogP contribution < -0.4 is 5.56 Å². The zero-order chi connectivity index (χ0) is 12.7. The van der Waals surface area contributed by atoms with Crippen molar-refractivity contribution in [3.05, 3.63) is 45.6 Å². The minimum Gasteiger partial charge on any atom is -0.337 e. The van der Waals surface area contributed by atoms with Crippen molar-refractivity contribution in [1.29, 1.82) is 0 Å². The minimum atomic E-state index is -0.111. The molecule has 1 saturated carbocycles. The first-order valence-corrected chi connectivity index (χ1v) is 6.26. The van der Waals surface area contributed by atoms with Gasteiger partial charge in [0.15, 0.2) is 0 Å². The fourth-order valence-electron chi connectivity index (χ4n) is 2.00. The molecule has 3 rings (SSSR count). The average molecular weight is 265 g/mol. The van der Waals surface area contributed by atoms with Gasteiger partial charge in [-0.2, -0.15) is 0 Å². The smallest absolute Gasteiger partial charge is 0.255 e. The summed E-state index contributed by atoms with van der Waals surface area (Å²) in [4.78, 5) is 20.6. The van der Waals surface area contributed by atoms with Crippen molar-refractivity contribution in [3.8, 4) is 0 Å². The highest BCUT2D eigenvalue weighted by Gasteiger charge is 2.29. The third-order valence-electron chi connectivity index (χ3n) is 3.17. The van der Waals surface area contributed by atoms with Gasteiger partial charge in [0.05, 0.1) is 6.54 Å². The second-order valence-electron chi connectivity index (χ2n) is 4.59. The van der Waals surface area contributed by atoms with E-state index in [4.69, 9.17) is 11.6 Å². The Labute approximate surface area is 109 Å². The third-order valence-corrected chi connectivity index (χ3v) is 3.36. The van der Waals surface area contributed by atoms with Crippen molar-refractivity contribution < 1.29 is 0 Å². The zero-order valence-corrected chi connectivity index (χ0v) is 10.8. The molecule has 1 aliphatic carbocycles. The monoisotopic (exact) mass is 264 g/mol. The lowest BCUT2D eigenvalue weighted by molar-refractivity contribution is 0.625. The van der Waals surface area contributed by atoms with Gasteiger partial charge in [0, 0.05) is 31.4 Å². The normalized spacial score (nSPS) is 15.0. The molecule has 0 N–H and O–H groups in total. The Bertz CT molecular complexity index is 642. The highest BCUT2D eigenvalue weighted by Crippen LogP contribution is 2.38. The van der Waals surface area contributed by atoms with Crippen molar-refractivity contribution in [2.45, 2.75) is 25.3 Å². The lowest BCUT2D eigenvalue weighted by Crippen LogP contribution is -2.25. The van der Waals surface area contributed by atoms with Crippen LogP contribution in [0.15, 0.2) is 23.3 Å². The minimum absolute atomic E-state index is 0.111. The van der Waals surface area contributed by atoms with E-state index in [0.717, 1.165) is 24.5 Å². The van der Waals surface area contributed by atoms with E-state index in [1.54, 1.807) is 10.8 Å². The molecule has 0 atom stereocenters. The van der Waals surface area contributed by atoms with E-state index in [1.807, 2.05) is 17.8 Å². The van der Waals surface area contributed by atoms with Crippen LogP contribution in [0.3, 0.4) is 0 Å². The van der Waals surface area contributed by atoms with E-state index in [-0.39, 0.29) is 10.7 Å². The Morgan fingerprint density at radius 3 is 2.89 bits per heavy atom. The van der Waals surface area contributed by atoms with E-state index < -0.39 is 0 Å². The van der Waals surface area contributed by atoms with Gasteiger partial charge in [-0.15, -0.1) is 0 Å². The molecule has 1 aliphatic rings. The summed E-state index contributed by atoms with van der Waals surface area (Å²) in [7, 11) is 1.91. The van der Waals surface area contributed by atoms with Crippen LogP contribution in [0.2, 0.25) is 5.15 Å². The van der Waals surface area contributed by atoms with Gasteiger partial charge in [0.25, 0.3) is 5.56 Å². The fraction of sp³-hybridized carbons (Fsp3) is 0.417. The maximum Gasteiger partial charge on any atom is 0.255 e.